The number of Topliss-reactive ketones (excluding diaryl/α,β-unsaturated/α-hetero) is 1. The fourth-order valence-electron chi connectivity index (χ4n) is 1.52. The van der Waals surface area contributed by atoms with Gasteiger partial charge in [-0.1, -0.05) is 17.7 Å². The summed E-state index contributed by atoms with van der Waals surface area (Å²) in [4.78, 5) is 11.3. The van der Waals surface area contributed by atoms with Crippen molar-refractivity contribution in [3.8, 4) is 5.75 Å². The zero-order chi connectivity index (χ0) is 13.8. The van der Waals surface area contributed by atoms with E-state index in [-0.39, 0.29) is 17.1 Å². The van der Waals surface area contributed by atoms with E-state index >= 15 is 0 Å². The number of carbonyl (C=O) groups is 1. The second-order valence-electron chi connectivity index (χ2n) is 3.94. The number of phenolic OH excluding ortho intramolecular Hbond substituents is 1. The number of ketones is 1. The summed E-state index contributed by atoms with van der Waals surface area (Å²) in [6, 6.07) is 11.5. The summed E-state index contributed by atoms with van der Waals surface area (Å²) in [7, 11) is 0. The highest BCUT2D eigenvalue weighted by Crippen LogP contribution is 2.26. The van der Waals surface area contributed by atoms with Crippen LogP contribution in [0.4, 0.5) is 11.4 Å². The second-order valence-corrected chi connectivity index (χ2v) is 4.37. The van der Waals surface area contributed by atoms with Gasteiger partial charge in [0, 0.05) is 5.02 Å². The molecule has 0 unspecified atom stereocenters. The smallest absolute Gasteiger partial charge is 0.163 e. The lowest BCUT2D eigenvalue weighted by Gasteiger charge is -2.00. The minimum absolute atomic E-state index is 0.0609. The first-order chi connectivity index (χ1) is 9.06. The Morgan fingerprint density at radius 2 is 1.79 bits per heavy atom. The van der Waals surface area contributed by atoms with E-state index in [0.29, 0.717) is 16.4 Å². The minimum Gasteiger partial charge on any atom is -0.507 e. The van der Waals surface area contributed by atoms with Crippen LogP contribution >= 0.6 is 11.6 Å². The van der Waals surface area contributed by atoms with Gasteiger partial charge < -0.3 is 5.11 Å². The monoisotopic (exact) mass is 274 g/mol. The van der Waals surface area contributed by atoms with Crippen LogP contribution in [-0.2, 0) is 0 Å². The Bertz CT molecular complexity index is 654. The number of carbonyl (C=O) groups excluding carboxylic acids is 1. The summed E-state index contributed by atoms with van der Waals surface area (Å²) in [5.74, 6) is -0.286. The van der Waals surface area contributed by atoms with E-state index in [1.54, 1.807) is 30.3 Å². The average molecular weight is 275 g/mol. The van der Waals surface area contributed by atoms with Crippen LogP contribution in [0.3, 0.4) is 0 Å². The molecule has 0 aliphatic heterocycles. The SMILES string of the molecule is CC(=O)c1cc(N=Nc2cccc(Cl)c2)ccc1O. The number of aromatic hydroxyl groups is 1. The maximum atomic E-state index is 11.3. The molecule has 0 spiro atoms. The number of nitrogens with zero attached hydrogens (tertiary/aromatic N) is 2. The van der Waals surface area contributed by atoms with Gasteiger partial charge in [0.05, 0.1) is 16.9 Å². The van der Waals surface area contributed by atoms with Crippen molar-refractivity contribution < 1.29 is 9.90 Å². The van der Waals surface area contributed by atoms with E-state index in [4.69, 9.17) is 11.6 Å². The number of azo groups is 1. The van der Waals surface area contributed by atoms with Gasteiger partial charge >= 0.3 is 0 Å². The van der Waals surface area contributed by atoms with E-state index in [1.807, 2.05) is 0 Å². The van der Waals surface area contributed by atoms with E-state index < -0.39 is 0 Å². The molecule has 5 heteroatoms. The molecule has 0 bridgehead atoms. The van der Waals surface area contributed by atoms with Gasteiger partial charge in [-0.15, -0.1) is 0 Å². The summed E-state index contributed by atoms with van der Waals surface area (Å²) in [5.41, 5.74) is 1.33. The third kappa shape index (κ3) is 3.39. The Labute approximate surface area is 115 Å². The van der Waals surface area contributed by atoms with E-state index in [1.165, 1.54) is 19.1 Å². The Hall–Kier alpha value is -2.20. The lowest BCUT2D eigenvalue weighted by atomic mass is 10.1. The summed E-state index contributed by atoms with van der Waals surface area (Å²) >= 11 is 5.83. The zero-order valence-electron chi connectivity index (χ0n) is 10.2. The van der Waals surface area contributed by atoms with Gasteiger partial charge in [-0.25, -0.2) is 0 Å². The molecular formula is C14H11ClN2O2. The fourth-order valence-corrected chi connectivity index (χ4v) is 1.71. The van der Waals surface area contributed by atoms with Crippen LogP contribution in [0.2, 0.25) is 5.02 Å². The molecule has 0 amide bonds. The van der Waals surface area contributed by atoms with Gasteiger partial charge in [0.1, 0.15) is 5.75 Å². The number of phenols is 1. The van der Waals surface area contributed by atoms with Gasteiger partial charge in [0.2, 0.25) is 0 Å². The van der Waals surface area contributed by atoms with Gasteiger partial charge in [0.15, 0.2) is 5.78 Å². The Morgan fingerprint density at radius 1 is 1.11 bits per heavy atom. The van der Waals surface area contributed by atoms with Crippen LogP contribution in [0.1, 0.15) is 17.3 Å². The lowest BCUT2D eigenvalue weighted by molar-refractivity contribution is 0.101. The third-order valence-corrected chi connectivity index (χ3v) is 2.68. The molecule has 0 fully saturated rings. The molecular weight excluding hydrogens is 264 g/mol. The van der Waals surface area contributed by atoms with Crippen molar-refractivity contribution in [2.24, 2.45) is 10.2 Å². The lowest BCUT2D eigenvalue weighted by Crippen LogP contribution is -1.91. The van der Waals surface area contributed by atoms with Gasteiger partial charge in [-0.05, 0) is 43.3 Å². The summed E-state index contributed by atoms with van der Waals surface area (Å²) in [6.07, 6.45) is 0. The highest BCUT2D eigenvalue weighted by Gasteiger charge is 2.06. The minimum atomic E-state index is -0.225. The number of hydrogen-bond donors (Lipinski definition) is 1. The highest BCUT2D eigenvalue weighted by molar-refractivity contribution is 6.30. The van der Waals surface area contributed by atoms with Gasteiger partial charge in [0.25, 0.3) is 0 Å². The fraction of sp³-hybridized carbons (Fsp3) is 0.0714. The van der Waals surface area contributed by atoms with Crippen LogP contribution in [0.5, 0.6) is 5.75 Å². The topological polar surface area (TPSA) is 62.0 Å². The molecule has 0 heterocycles. The molecule has 2 rings (SSSR count). The molecule has 0 aromatic heterocycles. The van der Waals surface area contributed by atoms with Crippen molar-refractivity contribution in [3.05, 3.63) is 53.1 Å². The highest BCUT2D eigenvalue weighted by atomic mass is 35.5. The molecule has 19 heavy (non-hydrogen) atoms. The maximum absolute atomic E-state index is 11.3. The van der Waals surface area contributed by atoms with E-state index in [2.05, 4.69) is 10.2 Å². The van der Waals surface area contributed by atoms with Crippen LogP contribution in [0.15, 0.2) is 52.7 Å². The van der Waals surface area contributed by atoms with Crippen molar-refractivity contribution >= 4 is 28.8 Å². The predicted octanol–water partition coefficient (Wildman–Crippen LogP) is 4.66. The van der Waals surface area contributed by atoms with Gasteiger partial charge in [-0.3, -0.25) is 4.79 Å². The molecule has 2 aromatic rings. The van der Waals surface area contributed by atoms with Crippen molar-refractivity contribution in [1.29, 1.82) is 0 Å². The normalized spacial score (nSPS) is 10.8. The molecule has 0 radical (unpaired) electrons. The first-order valence-electron chi connectivity index (χ1n) is 5.57. The molecule has 96 valence electrons. The molecule has 4 nitrogen and oxygen atoms in total. The number of rotatable bonds is 3. The molecule has 0 aliphatic carbocycles. The largest absolute Gasteiger partial charge is 0.507 e. The second kappa shape index (κ2) is 5.63. The number of hydrogen-bond acceptors (Lipinski definition) is 4. The van der Waals surface area contributed by atoms with Crippen molar-refractivity contribution in [2.75, 3.05) is 0 Å². The molecule has 0 saturated heterocycles. The third-order valence-electron chi connectivity index (χ3n) is 2.45. The Kier molecular flexibility index (Phi) is 3.92. The predicted molar refractivity (Wildman–Crippen MR) is 73.7 cm³/mol. The van der Waals surface area contributed by atoms with E-state index in [9.17, 15) is 9.90 Å². The standard InChI is InChI=1S/C14H11ClN2O2/c1-9(18)13-8-12(5-6-14(13)19)17-16-11-4-2-3-10(15)7-11/h2-8,19H,1H3. The Morgan fingerprint density at radius 3 is 2.42 bits per heavy atom. The zero-order valence-corrected chi connectivity index (χ0v) is 10.9. The Balaban J connectivity index is 2.29. The summed E-state index contributed by atoms with van der Waals surface area (Å²) in [6.45, 7) is 1.38. The van der Waals surface area contributed by atoms with Crippen LogP contribution in [0, 0.1) is 0 Å². The van der Waals surface area contributed by atoms with Crippen LogP contribution < -0.4 is 0 Å². The van der Waals surface area contributed by atoms with Crippen molar-refractivity contribution in [1.82, 2.24) is 0 Å². The molecule has 1 N–H and O–H groups in total. The van der Waals surface area contributed by atoms with Crippen molar-refractivity contribution in [2.45, 2.75) is 6.92 Å². The van der Waals surface area contributed by atoms with Crippen LogP contribution in [0.25, 0.3) is 0 Å². The van der Waals surface area contributed by atoms with Gasteiger partial charge in [-0.2, -0.15) is 10.2 Å². The molecule has 0 aliphatic rings. The molecule has 2 aromatic carbocycles. The first-order valence-corrected chi connectivity index (χ1v) is 5.95. The summed E-state index contributed by atoms with van der Waals surface area (Å²) < 4.78 is 0. The van der Waals surface area contributed by atoms with Crippen LogP contribution in [-0.4, -0.2) is 10.9 Å². The van der Waals surface area contributed by atoms with E-state index in [0.717, 1.165) is 0 Å². The first kappa shape index (κ1) is 13.2. The summed E-state index contributed by atoms with van der Waals surface area (Å²) in [5, 5.41) is 18.1. The number of halogens is 1. The quantitative estimate of drug-likeness (QED) is 0.653. The number of benzene rings is 2. The van der Waals surface area contributed by atoms with Crippen molar-refractivity contribution in [3.63, 3.8) is 0 Å². The maximum Gasteiger partial charge on any atom is 0.163 e. The molecule has 0 atom stereocenters. The molecule has 0 saturated carbocycles. The average Bonchev–Trinajstić information content (AvgIpc) is 2.37.